The number of hydrogen-bond acceptors (Lipinski definition) is 5. The molecule has 1 aliphatic heterocycles. The normalized spacial score (nSPS) is 16.2. The third-order valence-electron chi connectivity index (χ3n) is 2.62. The van der Waals surface area contributed by atoms with Gasteiger partial charge in [0.15, 0.2) is 0 Å². The highest BCUT2D eigenvalue weighted by Crippen LogP contribution is 2.21. The second-order valence-electron chi connectivity index (χ2n) is 3.60. The molecule has 6 heteroatoms. The number of methoxy groups -OCH3 is 1. The number of nitrogens with zero attached hydrogens (tertiary/aromatic N) is 3. The minimum Gasteiger partial charge on any atom is -0.465 e. The molecule has 1 aromatic rings. The number of rotatable bonds is 2. The van der Waals surface area contributed by atoms with Gasteiger partial charge in [0.25, 0.3) is 0 Å². The van der Waals surface area contributed by atoms with Crippen molar-refractivity contribution in [2.45, 2.75) is 0 Å². The molecule has 1 aliphatic rings. The van der Waals surface area contributed by atoms with E-state index in [0.717, 1.165) is 18.9 Å². The van der Waals surface area contributed by atoms with Crippen LogP contribution in [0.3, 0.4) is 0 Å². The number of carbonyl (C=O) groups excluding carboxylic acids is 1. The molecule has 0 unspecified atom stereocenters. The smallest absolute Gasteiger partial charge is 0.343 e. The zero-order chi connectivity index (χ0) is 11.5. The van der Waals surface area contributed by atoms with Crippen molar-refractivity contribution >= 4 is 11.8 Å². The van der Waals surface area contributed by atoms with Crippen molar-refractivity contribution in [3.63, 3.8) is 0 Å². The largest absolute Gasteiger partial charge is 0.465 e. The number of esters is 1. The van der Waals surface area contributed by atoms with Crippen LogP contribution in [0.4, 0.5) is 5.82 Å². The van der Waals surface area contributed by atoms with Crippen molar-refractivity contribution < 1.29 is 14.3 Å². The maximum atomic E-state index is 11.6. The number of anilines is 1. The van der Waals surface area contributed by atoms with Gasteiger partial charge in [0.1, 0.15) is 11.4 Å². The zero-order valence-electron chi connectivity index (χ0n) is 9.47. The Morgan fingerprint density at radius 3 is 2.81 bits per heavy atom. The van der Waals surface area contributed by atoms with E-state index in [9.17, 15) is 4.79 Å². The van der Waals surface area contributed by atoms with E-state index in [4.69, 9.17) is 9.47 Å². The Morgan fingerprint density at radius 1 is 1.50 bits per heavy atom. The summed E-state index contributed by atoms with van der Waals surface area (Å²) in [6.45, 7) is 2.88. The minimum absolute atomic E-state index is 0.352. The Bertz CT molecular complexity index is 383. The molecule has 1 fully saturated rings. The first-order valence-electron chi connectivity index (χ1n) is 5.17. The van der Waals surface area contributed by atoms with Gasteiger partial charge in [-0.2, -0.15) is 5.10 Å². The summed E-state index contributed by atoms with van der Waals surface area (Å²) < 4.78 is 11.7. The topological polar surface area (TPSA) is 56.6 Å². The highest BCUT2D eigenvalue weighted by atomic mass is 16.5. The Morgan fingerprint density at radius 2 is 2.19 bits per heavy atom. The SMILES string of the molecule is COC(=O)c1cnn(C)c1N1CCOCC1. The summed E-state index contributed by atoms with van der Waals surface area (Å²) in [5.41, 5.74) is 0.506. The van der Waals surface area contributed by atoms with Crippen molar-refractivity contribution in [3.8, 4) is 0 Å². The van der Waals surface area contributed by atoms with Gasteiger partial charge < -0.3 is 14.4 Å². The summed E-state index contributed by atoms with van der Waals surface area (Å²) in [5, 5.41) is 4.09. The number of carbonyl (C=O) groups is 1. The standard InChI is InChI=1S/C10H15N3O3/c1-12-9(13-3-5-16-6-4-13)8(7-11-12)10(14)15-2/h7H,3-6H2,1-2H3. The van der Waals surface area contributed by atoms with Gasteiger partial charge in [0.2, 0.25) is 0 Å². The maximum Gasteiger partial charge on any atom is 0.343 e. The highest BCUT2D eigenvalue weighted by Gasteiger charge is 2.23. The number of aromatic nitrogens is 2. The molecule has 1 saturated heterocycles. The van der Waals surface area contributed by atoms with Gasteiger partial charge in [-0.1, -0.05) is 0 Å². The molecule has 0 aliphatic carbocycles. The molecule has 6 nitrogen and oxygen atoms in total. The Labute approximate surface area is 93.7 Å². The Kier molecular flexibility index (Phi) is 3.09. The molecule has 0 spiro atoms. The lowest BCUT2D eigenvalue weighted by atomic mass is 10.3. The van der Waals surface area contributed by atoms with Crippen molar-refractivity contribution in [2.24, 2.45) is 7.05 Å². The fourth-order valence-electron chi connectivity index (χ4n) is 1.84. The molecular formula is C10H15N3O3. The maximum absolute atomic E-state index is 11.6. The number of ether oxygens (including phenoxy) is 2. The third-order valence-corrected chi connectivity index (χ3v) is 2.62. The molecule has 0 amide bonds. The lowest BCUT2D eigenvalue weighted by molar-refractivity contribution is 0.0600. The van der Waals surface area contributed by atoms with Crippen LogP contribution < -0.4 is 4.90 Å². The summed E-state index contributed by atoms with van der Waals surface area (Å²) in [6, 6.07) is 0. The van der Waals surface area contributed by atoms with Gasteiger partial charge in [0.05, 0.1) is 26.5 Å². The van der Waals surface area contributed by atoms with Crippen molar-refractivity contribution in [1.82, 2.24) is 9.78 Å². The fraction of sp³-hybridized carbons (Fsp3) is 0.600. The molecule has 0 aromatic carbocycles. The second kappa shape index (κ2) is 4.52. The summed E-state index contributed by atoms with van der Waals surface area (Å²) in [7, 11) is 3.19. The number of aryl methyl sites for hydroxylation is 1. The lowest BCUT2D eigenvalue weighted by Crippen LogP contribution is -2.38. The Hall–Kier alpha value is -1.56. The average Bonchev–Trinajstić information content (AvgIpc) is 2.71. The molecule has 0 bridgehead atoms. The molecule has 1 aromatic heterocycles. The molecule has 0 saturated carbocycles. The molecule has 0 radical (unpaired) electrons. The summed E-state index contributed by atoms with van der Waals surface area (Å²) in [4.78, 5) is 13.6. The molecule has 2 heterocycles. The van der Waals surface area contributed by atoms with Crippen LogP contribution in [0.2, 0.25) is 0 Å². The van der Waals surface area contributed by atoms with E-state index >= 15 is 0 Å². The van der Waals surface area contributed by atoms with Gasteiger partial charge in [-0.3, -0.25) is 4.68 Å². The predicted molar refractivity (Wildman–Crippen MR) is 57.6 cm³/mol. The summed E-state index contributed by atoms with van der Waals surface area (Å²) >= 11 is 0. The molecular weight excluding hydrogens is 210 g/mol. The average molecular weight is 225 g/mol. The van der Waals surface area contributed by atoms with Gasteiger partial charge >= 0.3 is 5.97 Å². The monoisotopic (exact) mass is 225 g/mol. The molecule has 2 rings (SSSR count). The lowest BCUT2D eigenvalue weighted by Gasteiger charge is -2.29. The van der Waals surface area contributed by atoms with E-state index in [2.05, 4.69) is 10.00 Å². The molecule has 88 valence electrons. The van der Waals surface area contributed by atoms with E-state index in [1.807, 2.05) is 7.05 Å². The van der Waals surface area contributed by atoms with E-state index < -0.39 is 0 Å². The molecule has 16 heavy (non-hydrogen) atoms. The van der Waals surface area contributed by atoms with Crippen LogP contribution in [-0.4, -0.2) is 49.2 Å². The number of hydrogen-bond donors (Lipinski definition) is 0. The first kappa shape index (κ1) is 10.9. The first-order valence-corrected chi connectivity index (χ1v) is 5.17. The van der Waals surface area contributed by atoms with Crippen LogP contribution in [0, 0.1) is 0 Å². The quantitative estimate of drug-likeness (QED) is 0.665. The van der Waals surface area contributed by atoms with Gasteiger partial charge in [-0.25, -0.2) is 4.79 Å². The van der Waals surface area contributed by atoms with Gasteiger partial charge in [-0.15, -0.1) is 0 Å². The molecule has 0 N–H and O–H groups in total. The number of morpholine rings is 1. The van der Waals surface area contributed by atoms with E-state index in [1.165, 1.54) is 13.3 Å². The highest BCUT2D eigenvalue weighted by molar-refractivity contribution is 5.94. The van der Waals surface area contributed by atoms with E-state index in [0.29, 0.717) is 18.8 Å². The first-order chi connectivity index (χ1) is 7.74. The minimum atomic E-state index is -0.352. The van der Waals surface area contributed by atoms with Crippen LogP contribution in [0.5, 0.6) is 0 Å². The van der Waals surface area contributed by atoms with Crippen molar-refractivity contribution in [1.29, 1.82) is 0 Å². The van der Waals surface area contributed by atoms with Gasteiger partial charge in [-0.05, 0) is 0 Å². The van der Waals surface area contributed by atoms with Crippen molar-refractivity contribution in [3.05, 3.63) is 11.8 Å². The van der Waals surface area contributed by atoms with Crippen molar-refractivity contribution in [2.75, 3.05) is 38.3 Å². The zero-order valence-corrected chi connectivity index (χ0v) is 9.47. The van der Waals surface area contributed by atoms with Crippen LogP contribution in [0.15, 0.2) is 6.20 Å². The van der Waals surface area contributed by atoms with E-state index in [-0.39, 0.29) is 5.97 Å². The van der Waals surface area contributed by atoms with Crippen LogP contribution in [0.1, 0.15) is 10.4 Å². The fourth-order valence-corrected chi connectivity index (χ4v) is 1.84. The summed E-state index contributed by atoms with van der Waals surface area (Å²) in [5.74, 6) is 0.449. The second-order valence-corrected chi connectivity index (χ2v) is 3.60. The molecule has 0 atom stereocenters. The van der Waals surface area contributed by atoms with Gasteiger partial charge in [0, 0.05) is 20.1 Å². The Balaban J connectivity index is 2.30. The van der Waals surface area contributed by atoms with Crippen LogP contribution in [0.25, 0.3) is 0 Å². The van der Waals surface area contributed by atoms with E-state index in [1.54, 1.807) is 4.68 Å². The summed E-state index contributed by atoms with van der Waals surface area (Å²) in [6.07, 6.45) is 1.54. The third kappa shape index (κ3) is 1.88. The predicted octanol–water partition coefficient (Wildman–Crippen LogP) is 0.0433. The van der Waals surface area contributed by atoms with Crippen LogP contribution >= 0.6 is 0 Å². The van der Waals surface area contributed by atoms with Crippen LogP contribution in [-0.2, 0) is 16.5 Å².